The number of fused-ring (bicyclic) bond motifs is 1. The van der Waals surface area contributed by atoms with Gasteiger partial charge in [0.05, 0.1) is 0 Å². The van der Waals surface area contributed by atoms with Gasteiger partial charge in [-0.3, -0.25) is 0 Å². The molecule has 0 aliphatic rings. The highest BCUT2D eigenvalue weighted by atomic mass is 32.1. The van der Waals surface area contributed by atoms with E-state index in [1.54, 1.807) is 42.6 Å². The minimum Gasteiger partial charge on any atom is -0.509 e. The van der Waals surface area contributed by atoms with Gasteiger partial charge in [-0.25, -0.2) is 9.97 Å². The molecular formula is C18H12BN5O2S. The van der Waals surface area contributed by atoms with Crippen LogP contribution in [0.15, 0.2) is 59.1 Å². The van der Waals surface area contributed by atoms with Crippen molar-refractivity contribution in [3.8, 4) is 17.3 Å². The third-order valence-electron chi connectivity index (χ3n) is 3.66. The van der Waals surface area contributed by atoms with Crippen molar-refractivity contribution >= 4 is 53.4 Å². The third kappa shape index (κ3) is 3.72. The van der Waals surface area contributed by atoms with Crippen molar-refractivity contribution < 1.29 is 9.52 Å². The summed E-state index contributed by atoms with van der Waals surface area (Å²) in [6, 6.07) is 13.7. The van der Waals surface area contributed by atoms with Crippen LogP contribution in [-0.4, -0.2) is 33.0 Å². The molecule has 0 aliphatic carbocycles. The smallest absolute Gasteiger partial charge is 0.247 e. The van der Waals surface area contributed by atoms with Gasteiger partial charge in [0.25, 0.3) is 0 Å². The normalized spacial score (nSPS) is 10.7. The number of aromatic nitrogens is 3. The van der Waals surface area contributed by atoms with Gasteiger partial charge in [-0.05, 0) is 42.5 Å². The number of anilines is 2. The first kappa shape index (κ1) is 17.0. The largest absolute Gasteiger partial charge is 0.509 e. The summed E-state index contributed by atoms with van der Waals surface area (Å²) in [5.74, 6) is 0.863. The average Bonchev–Trinajstić information content (AvgIpc) is 3.09. The molecule has 4 aromatic rings. The van der Waals surface area contributed by atoms with Crippen LogP contribution in [0, 0.1) is 0 Å². The Bertz CT molecular complexity index is 1110. The summed E-state index contributed by atoms with van der Waals surface area (Å²) in [5.41, 5.74) is 2.55. The molecule has 2 radical (unpaired) electrons. The van der Waals surface area contributed by atoms with E-state index >= 15 is 0 Å². The van der Waals surface area contributed by atoms with Crippen LogP contribution in [-0.2, 0) is 0 Å². The number of benzene rings is 1. The van der Waals surface area contributed by atoms with E-state index in [1.165, 1.54) is 6.07 Å². The first-order valence-electron chi connectivity index (χ1n) is 7.94. The van der Waals surface area contributed by atoms with E-state index in [2.05, 4.69) is 25.6 Å². The standard InChI is InChI=1S/C18H12BN5O2S/c19-11-7-6-10(9-13(11)25)21-18(27)23-15-5-1-3-12(22-15)17-24-16-14(26-17)4-2-8-20-16/h1-9,25H,(H2,21,22,23,27). The van der Waals surface area contributed by atoms with Crippen LogP contribution in [0.3, 0.4) is 0 Å². The highest BCUT2D eigenvalue weighted by molar-refractivity contribution is 7.80. The van der Waals surface area contributed by atoms with Crippen LogP contribution in [0.1, 0.15) is 0 Å². The number of nitrogens with zero attached hydrogens (tertiary/aromatic N) is 3. The quantitative estimate of drug-likeness (QED) is 0.373. The third-order valence-corrected chi connectivity index (χ3v) is 3.87. The number of hydrogen-bond donors (Lipinski definition) is 3. The molecule has 0 spiro atoms. The van der Waals surface area contributed by atoms with Crippen molar-refractivity contribution in [2.24, 2.45) is 0 Å². The van der Waals surface area contributed by atoms with Gasteiger partial charge < -0.3 is 20.2 Å². The Morgan fingerprint density at radius 3 is 2.78 bits per heavy atom. The topological polar surface area (TPSA) is 96.1 Å². The summed E-state index contributed by atoms with van der Waals surface area (Å²) in [6.07, 6.45) is 1.65. The van der Waals surface area contributed by atoms with Crippen molar-refractivity contribution in [2.45, 2.75) is 0 Å². The van der Waals surface area contributed by atoms with Gasteiger partial charge in [-0.1, -0.05) is 17.6 Å². The van der Waals surface area contributed by atoms with Gasteiger partial charge >= 0.3 is 0 Å². The van der Waals surface area contributed by atoms with Gasteiger partial charge in [0.2, 0.25) is 5.89 Å². The van der Waals surface area contributed by atoms with Crippen molar-refractivity contribution in [1.29, 1.82) is 0 Å². The Morgan fingerprint density at radius 1 is 1.07 bits per heavy atom. The summed E-state index contributed by atoms with van der Waals surface area (Å²) in [6.45, 7) is 0. The minimum atomic E-state index is -0.0208. The summed E-state index contributed by atoms with van der Waals surface area (Å²) < 4.78 is 5.68. The number of hydrogen-bond acceptors (Lipinski definition) is 6. The molecule has 0 saturated carbocycles. The van der Waals surface area contributed by atoms with Crippen LogP contribution in [0.5, 0.6) is 5.75 Å². The summed E-state index contributed by atoms with van der Waals surface area (Å²) in [5, 5.41) is 15.9. The summed E-state index contributed by atoms with van der Waals surface area (Å²) in [4.78, 5) is 12.9. The SMILES string of the molecule is [B]c1ccc(NC(=S)Nc2cccc(-c3nc4ncccc4o3)n2)cc1O. The number of thiocarbonyl (C=S) groups is 1. The predicted octanol–water partition coefficient (Wildman–Crippen LogP) is 2.59. The van der Waals surface area contributed by atoms with Crippen LogP contribution in [0.4, 0.5) is 11.5 Å². The Hall–Kier alpha value is -3.46. The Kier molecular flexibility index (Phi) is 4.43. The van der Waals surface area contributed by atoms with Crippen molar-refractivity contribution in [3.63, 3.8) is 0 Å². The molecule has 0 aliphatic heterocycles. The van der Waals surface area contributed by atoms with E-state index < -0.39 is 0 Å². The molecule has 3 aromatic heterocycles. The van der Waals surface area contributed by atoms with E-state index in [0.29, 0.717) is 44.9 Å². The molecular weight excluding hydrogens is 361 g/mol. The highest BCUT2D eigenvalue weighted by Gasteiger charge is 2.11. The van der Waals surface area contributed by atoms with Gasteiger partial charge in [0, 0.05) is 18.0 Å². The maximum absolute atomic E-state index is 9.66. The monoisotopic (exact) mass is 373 g/mol. The van der Waals surface area contributed by atoms with E-state index in [1.807, 2.05) is 6.07 Å². The highest BCUT2D eigenvalue weighted by Crippen LogP contribution is 2.22. The fourth-order valence-corrected chi connectivity index (χ4v) is 2.62. The molecule has 27 heavy (non-hydrogen) atoms. The first-order chi connectivity index (χ1) is 13.1. The second-order valence-electron chi connectivity index (χ2n) is 5.60. The lowest BCUT2D eigenvalue weighted by atomic mass is 9.95. The van der Waals surface area contributed by atoms with Crippen LogP contribution in [0.2, 0.25) is 0 Å². The second kappa shape index (κ2) is 7.04. The second-order valence-corrected chi connectivity index (χ2v) is 6.01. The number of oxazole rings is 1. The molecule has 4 rings (SSSR count). The molecule has 0 atom stereocenters. The zero-order chi connectivity index (χ0) is 18.8. The average molecular weight is 373 g/mol. The fourth-order valence-electron chi connectivity index (χ4n) is 2.40. The molecule has 7 nitrogen and oxygen atoms in total. The Morgan fingerprint density at radius 2 is 1.96 bits per heavy atom. The van der Waals surface area contributed by atoms with Gasteiger partial charge in [0.1, 0.15) is 25.1 Å². The molecule has 0 unspecified atom stereocenters. The zero-order valence-corrected chi connectivity index (χ0v) is 14.7. The van der Waals surface area contributed by atoms with Crippen LogP contribution >= 0.6 is 12.2 Å². The molecule has 3 N–H and O–H groups in total. The maximum Gasteiger partial charge on any atom is 0.247 e. The Balaban J connectivity index is 1.51. The number of nitrogens with one attached hydrogen (secondary N) is 2. The van der Waals surface area contributed by atoms with E-state index in [4.69, 9.17) is 24.5 Å². The first-order valence-corrected chi connectivity index (χ1v) is 8.35. The lowest BCUT2D eigenvalue weighted by Gasteiger charge is -2.11. The van der Waals surface area contributed by atoms with Gasteiger partial charge in [-0.15, -0.1) is 0 Å². The van der Waals surface area contributed by atoms with Gasteiger partial charge in [0.15, 0.2) is 16.3 Å². The molecule has 130 valence electrons. The van der Waals surface area contributed by atoms with E-state index in [9.17, 15) is 5.11 Å². The van der Waals surface area contributed by atoms with Gasteiger partial charge in [-0.2, -0.15) is 4.98 Å². The lowest BCUT2D eigenvalue weighted by Crippen LogP contribution is -2.20. The van der Waals surface area contributed by atoms with E-state index in [0.717, 1.165) is 0 Å². The summed E-state index contributed by atoms with van der Waals surface area (Å²) >= 11 is 5.28. The van der Waals surface area contributed by atoms with Crippen molar-refractivity contribution in [3.05, 3.63) is 54.7 Å². The molecule has 3 heterocycles. The molecule has 9 heteroatoms. The zero-order valence-electron chi connectivity index (χ0n) is 13.9. The van der Waals surface area contributed by atoms with Crippen LogP contribution in [0.25, 0.3) is 22.8 Å². The number of rotatable bonds is 3. The molecule has 0 fully saturated rings. The molecule has 0 amide bonds. The van der Waals surface area contributed by atoms with Crippen molar-refractivity contribution in [1.82, 2.24) is 15.0 Å². The van der Waals surface area contributed by atoms with Crippen molar-refractivity contribution in [2.75, 3.05) is 10.6 Å². The molecule has 1 aromatic carbocycles. The predicted molar refractivity (Wildman–Crippen MR) is 108 cm³/mol. The Labute approximate surface area is 160 Å². The number of aromatic hydroxyl groups is 1. The van der Waals surface area contributed by atoms with E-state index in [-0.39, 0.29) is 5.75 Å². The van der Waals surface area contributed by atoms with Crippen LogP contribution < -0.4 is 16.1 Å². The number of phenolic OH excluding ortho intramolecular Hbond substituents is 1. The minimum absolute atomic E-state index is 0.0208. The fraction of sp³-hybridized carbons (Fsp3) is 0. The molecule has 0 bridgehead atoms. The summed E-state index contributed by atoms with van der Waals surface area (Å²) in [7, 11) is 5.59. The lowest BCUT2D eigenvalue weighted by molar-refractivity contribution is 0.480. The number of pyridine rings is 2. The number of phenols is 1. The molecule has 0 saturated heterocycles. The maximum atomic E-state index is 9.66.